The summed E-state index contributed by atoms with van der Waals surface area (Å²) in [5, 5.41) is 2.90. The molecular formula is C17H18N2O4. The Morgan fingerprint density at radius 2 is 1.96 bits per heavy atom. The average molecular weight is 314 g/mol. The standard InChI is InChI=1S/C17H18N2O4/c1-19-12-6-7-23-15(12)9-13(19)17(20)18-10-11-4-5-14(21-2)16(8-11)22-3/h4-9H,10H2,1-3H3,(H,18,20). The molecule has 1 aromatic carbocycles. The number of methoxy groups -OCH3 is 2. The molecule has 0 atom stereocenters. The maximum absolute atomic E-state index is 12.4. The molecule has 120 valence electrons. The predicted octanol–water partition coefficient (Wildman–Crippen LogP) is 2.72. The molecule has 3 aromatic rings. The quantitative estimate of drug-likeness (QED) is 0.786. The van der Waals surface area contributed by atoms with Crippen LogP contribution >= 0.6 is 0 Å². The predicted molar refractivity (Wildman–Crippen MR) is 85.9 cm³/mol. The molecule has 2 aromatic heterocycles. The molecule has 0 aliphatic carbocycles. The molecule has 0 fully saturated rings. The van der Waals surface area contributed by atoms with E-state index in [4.69, 9.17) is 13.9 Å². The van der Waals surface area contributed by atoms with Crippen molar-refractivity contribution in [3.63, 3.8) is 0 Å². The van der Waals surface area contributed by atoms with Gasteiger partial charge in [-0.15, -0.1) is 0 Å². The number of carbonyl (C=O) groups excluding carboxylic acids is 1. The molecule has 0 saturated heterocycles. The summed E-state index contributed by atoms with van der Waals surface area (Å²) in [4.78, 5) is 12.4. The summed E-state index contributed by atoms with van der Waals surface area (Å²) >= 11 is 0. The van der Waals surface area contributed by atoms with E-state index in [-0.39, 0.29) is 5.91 Å². The lowest BCUT2D eigenvalue weighted by Gasteiger charge is -2.10. The third-order valence-corrected chi connectivity index (χ3v) is 3.80. The van der Waals surface area contributed by atoms with Crippen molar-refractivity contribution in [1.82, 2.24) is 9.88 Å². The highest BCUT2D eigenvalue weighted by Gasteiger charge is 2.15. The zero-order chi connectivity index (χ0) is 16.4. The van der Waals surface area contributed by atoms with Gasteiger partial charge < -0.3 is 23.8 Å². The Morgan fingerprint density at radius 1 is 1.17 bits per heavy atom. The first-order valence-electron chi connectivity index (χ1n) is 7.16. The van der Waals surface area contributed by atoms with Crippen LogP contribution in [0.5, 0.6) is 11.5 Å². The Kier molecular flexibility index (Phi) is 3.97. The first kappa shape index (κ1) is 15.0. The Bertz CT molecular complexity index is 848. The summed E-state index contributed by atoms with van der Waals surface area (Å²) in [6, 6.07) is 9.12. The van der Waals surface area contributed by atoms with Crippen LogP contribution in [0.2, 0.25) is 0 Å². The number of nitrogens with one attached hydrogen (secondary N) is 1. The number of hydrogen-bond acceptors (Lipinski definition) is 4. The van der Waals surface area contributed by atoms with Gasteiger partial charge >= 0.3 is 0 Å². The fourth-order valence-electron chi connectivity index (χ4n) is 2.53. The van der Waals surface area contributed by atoms with Gasteiger partial charge in [0.25, 0.3) is 5.91 Å². The zero-order valence-electron chi connectivity index (χ0n) is 13.3. The monoisotopic (exact) mass is 314 g/mol. The largest absolute Gasteiger partial charge is 0.493 e. The lowest BCUT2D eigenvalue weighted by molar-refractivity contribution is 0.0943. The van der Waals surface area contributed by atoms with E-state index < -0.39 is 0 Å². The molecule has 3 rings (SSSR count). The number of fused-ring (bicyclic) bond motifs is 1. The van der Waals surface area contributed by atoms with E-state index >= 15 is 0 Å². The lowest BCUT2D eigenvalue weighted by Crippen LogP contribution is -2.24. The minimum absolute atomic E-state index is 0.159. The van der Waals surface area contributed by atoms with Crippen LogP contribution in [0.1, 0.15) is 16.1 Å². The van der Waals surface area contributed by atoms with Crippen LogP contribution in [0.25, 0.3) is 11.1 Å². The van der Waals surface area contributed by atoms with Crippen LogP contribution in [0, 0.1) is 0 Å². The average Bonchev–Trinajstić information content (AvgIpc) is 3.15. The smallest absolute Gasteiger partial charge is 0.268 e. The second-order valence-electron chi connectivity index (χ2n) is 5.13. The summed E-state index contributed by atoms with van der Waals surface area (Å²) in [5.74, 6) is 1.13. The number of carbonyl (C=O) groups is 1. The number of amides is 1. The van der Waals surface area contributed by atoms with E-state index in [1.165, 1.54) is 0 Å². The maximum Gasteiger partial charge on any atom is 0.268 e. The molecule has 1 N–H and O–H groups in total. The molecule has 0 aliphatic heterocycles. The third kappa shape index (κ3) is 2.75. The SMILES string of the molecule is COc1ccc(CNC(=O)c2cc3occc3n2C)cc1OC. The van der Waals surface area contributed by atoms with E-state index in [1.807, 2.05) is 35.9 Å². The number of aromatic nitrogens is 1. The molecule has 0 unspecified atom stereocenters. The first-order chi connectivity index (χ1) is 11.1. The van der Waals surface area contributed by atoms with Gasteiger partial charge in [0.1, 0.15) is 5.69 Å². The zero-order valence-corrected chi connectivity index (χ0v) is 13.3. The summed E-state index contributed by atoms with van der Waals surface area (Å²) in [5.41, 5.74) is 3.07. The number of rotatable bonds is 5. The van der Waals surface area contributed by atoms with Gasteiger partial charge in [-0.25, -0.2) is 0 Å². The number of benzene rings is 1. The minimum Gasteiger partial charge on any atom is -0.493 e. The van der Waals surface area contributed by atoms with Gasteiger partial charge in [-0.3, -0.25) is 4.79 Å². The van der Waals surface area contributed by atoms with Crippen LogP contribution in [-0.2, 0) is 13.6 Å². The number of hydrogen-bond donors (Lipinski definition) is 1. The highest BCUT2D eigenvalue weighted by Crippen LogP contribution is 2.27. The van der Waals surface area contributed by atoms with Crippen molar-refractivity contribution in [2.75, 3.05) is 14.2 Å². The summed E-state index contributed by atoms with van der Waals surface area (Å²) < 4.78 is 17.6. The molecule has 23 heavy (non-hydrogen) atoms. The van der Waals surface area contributed by atoms with Crippen LogP contribution in [0.4, 0.5) is 0 Å². The van der Waals surface area contributed by atoms with Crippen LogP contribution in [0.15, 0.2) is 41.0 Å². The second-order valence-corrected chi connectivity index (χ2v) is 5.13. The van der Waals surface area contributed by atoms with Crippen molar-refractivity contribution in [3.05, 3.63) is 47.9 Å². The number of furan rings is 1. The maximum atomic E-state index is 12.4. The number of ether oxygens (including phenoxy) is 2. The molecular weight excluding hydrogens is 296 g/mol. The van der Waals surface area contributed by atoms with Crippen molar-refractivity contribution in [2.45, 2.75) is 6.54 Å². The van der Waals surface area contributed by atoms with Crippen LogP contribution in [-0.4, -0.2) is 24.7 Å². The Labute approximate surface area is 133 Å². The van der Waals surface area contributed by atoms with Crippen molar-refractivity contribution in [1.29, 1.82) is 0 Å². The van der Waals surface area contributed by atoms with Gasteiger partial charge in [-0.05, 0) is 17.7 Å². The molecule has 2 heterocycles. The van der Waals surface area contributed by atoms with Gasteiger partial charge in [0.15, 0.2) is 17.1 Å². The van der Waals surface area contributed by atoms with Gasteiger partial charge in [0.2, 0.25) is 0 Å². The highest BCUT2D eigenvalue weighted by molar-refractivity contribution is 5.97. The normalized spacial score (nSPS) is 10.7. The lowest BCUT2D eigenvalue weighted by atomic mass is 10.2. The third-order valence-electron chi connectivity index (χ3n) is 3.80. The number of aryl methyl sites for hydroxylation is 1. The molecule has 6 nitrogen and oxygen atoms in total. The van der Waals surface area contributed by atoms with Gasteiger partial charge in [0.05, 0.1) is 26.0 Å². The van der Waals surface area contributed by atoms with Crippen molar-refractivity contribution >= 4 is 17.0 Å². The fourth-order valence-corrected chi connectivity index (χ4v) is 2.53. The Balaban J connectivity index is 1.73. The van der Waals surface area contributed by atoms with Crippen molar-refractivity contribution in [3.8, 4) is 11.5 Å². The number of nitrogens with zero attached hydrogens (tertiary/aromatic N) is 1. The van der Waals surface area contributed by atoms with Crippen LogP contribution < -0.4 is 14.8 Å². The van der Waals surface area contributed by atoms with E-state index in [0.717, 1.165) is 11.1 Å². The van der Waals surface area contributed by atoms with Gasteiger partial charge in [0, 0.05) is 25.7 Å². The fraction of sp³-hybridized carbons (Fsp3) is 0.235. The molecule has 0 saturated carbocycles. The van der Waals surface area contributed by atoms with Crippen molar-refractivity contribution < 1.29 is 18.7 Å². The molecule has 0 aliphatic rings. The summed E-state index contributed by atoms with van der Waals surface area (Å²) in [7, 11) is 5.01. The first-order valence-corrected chi connectivity index (χ1v) is 7.16. The van der Waals surface area contributed by atoms with Crippen LogP contribution in [0.3, 0.4) is 0 Å². The van der Waals surface area contributed by atoms with E-state index in [0.29, 0.717) is 29.3 Å². The molecule has 1 amide bonds. The van der Waals surface area contributed by atoms with E-state index in [2.05, 4.69) is 5.32 Å². The van der Waals surface area contributed by atoms with Gasteiger partial charge in [-0.1, -0.05) is 6.07 Å². The Morgan fingerprint density at radius 3 is 2.65 bits per heavy atom. The molecule has 0 radical (unpaired) electrons. The Hall–Kier alpha value is -2.89. The van der Waals surface area contributed by atoms with Crippen molar-refractivity contribution in [2.24, 2.45) is 7.05 Å². The molecule has 0 bridgehead atoms. The topological polar surface area (TPSA) is 65.6 Å². The molecule has 0 spiro atoms. The summed E-state index contributed by atoms with van der Waals surface area (Å²) in [6.45, 7) is 0.395. The van der Waals surface area contributed by atoms with E-state index in [1.54, 1.807) is 26.5 Å². The minimum atomic E-state index is -0.159. The summed E-state index contributed by atoms with van der Waals surface area (Å²) in [6.07, 6.45) is 1.61. The highest BCUT2D eigenvalue weighted by atomic mass is 16.5. The second kappa shape index (κ2) is 6.08. The van der Waals surface area contributed by atoms with Gasteiger partial charge in [-0.2, -0.15) is 0 Å². The van der Waals surface area contributed by atoms with E-state index in [9.17, 15) is 4.79 Å². The molecule has 6 heteroatoms.